The first-order valence-corrected chi connectivity index (χ1v) is 9.05. The third-order valence-electron chi connectivity index (χ3n) is 3.65. The van der Waals surface area contributed by atoms with Crippen LogP contribution in [0.1, 0.15) is 22.7 Å². The van der Waals surface area contributed by atoms with Crippen LogP contribution in [0.4, 0.5) is 0 Å². The molecule has 0 saturated heterocycles. The molecule has 1 atom stereocenters. The second-order valence-electron chi connectivity index (χ2n) is 4.97. The molecule has 2 aromatic rings. The highest BCUT2D eigenvalue weighted by Gasteiger charge is 2.25. The molecule has 5 heteroatoms. The molecule has 0 aromatic heterocycles. The maximum absolute atomic E-state index is 5.87. The molecule has 2 nitrogen and oxygen atoms in total. The molecule has 0 fully saturated rings. The molecule has 1 aliphatic heterocycles. The number of hydrogen-bond donors (Lipinski definition) is 1. The fourth-order valence-electron chi connectivity index (χ4n) is 2.73. The van der Waals surface area contributed by atoms with Gasteiger partial charge >= 0.3 is 0 Å². The molecular weight excluding hydrogens is 462 g/mol. The zero-order chi connectivity index (χ0) is 15.0. The Morgan fingerprint density at radius 2 is 1.81 bits per heavy atom. The normalized spacial score (nSPS) is 14.7. The molecule has 0 amide bonds. The predicted molar refractivity (Wildman–Crippen MR) is 96.1 cm³/mol. The van der Waals surface area contributed by atoms with E-state index in [-0.39, 0.29) is 6.04 Å². The Kier molecular flexibility index (Phi) is 4.74. The minimum atomic E-state index is 0.0706. The molecule has 1 unspecified atom stereocenters. The number of rotatable bonds is 3. The lowest BCUT2D eigenvalue weighted by atomic mass is 9.96. The van der Waals surface area contributed by atoms with Gasteiger partial charge in [0.2, 0.25) is 0 Å². The molecule has 1 aliphatic rings. The Hall–Kier alpha value is -0.360. The third kappa shape index (κ3) is 3.07. The second-order valence-corrected chi connectivity index (χ2v) is 7.65. The van der Waals surface area contributed by atoms with Gasteiger partial charge in [-0.3, -0.25) is 0 Å². The van der Waals surface area contributed by atoms with Crippen LogP contribution in [0.3, 0.4) is 0 Å². The lowest BCUT2D eigenvalue weighted by Gasteiger charge is -2.21. The summed E-state index contributed by atoms with van der Waals surface area (Å²) in [6.07, 6.45) is 0.970. The Morgan fingerprint density at radius 3 is 2.57 bits per heavy atom. The first kappa shape index (κ1) is 15.5. The van der Waals surface area contributed by atoms with E-state index in [9.17, 15) is 0 Å². The number of halogens is 3. The fraction of sp³-hybridized carbons (Fsp3) is 0.250. The summed E-state index contributed by atoms with van der Waals surface area (Å²) in [5, 5.41) is 3.41. The van der Waals surface area contributed by atoms with E-state index in [1.54, 1.807) is 0 Å². The average Bonchev–Trinajstić information content (AvgIpc) is 2.91. The second kappa shape index (κ2) is 6.41. The SMILES string of the molecule is CNC(c1cc(Br)ccc1Br)c1cc(Br)cc2c1OCC2. The van der Waals surface area contributed by atoms with Crippen LogP contribution in [0.2, 0.25) is 0 Å². The van der Waals surface area contributed by atoms with Crippen molar-refractivity contribution in [3.63, 3.8) is 0 Å². The third-order valence-corrected chi connectivity index (χ3v) is 5.32. The molecule has 1 heterocycles. The lowest BCUT2D eigenvalue weighted by Crippen LogP contribution is -2.19. The van der Waals surface area contributed by atoms with Gasteiger partial charge in [0, 0.05) is 25.4 Å². The minimum Gasteiger partial charge on any atom is -0.493 e. The summed E-state index contributed by atoms with van der Waals surface area (Å²) in [4.78, 5) is 0. The molecule has 0 spiro atoms. The fourth-order valence-corrected chi connectivity index (χ4v) is 4.10. The molecule has 0 saturated carbocycles. The van der Waals surface area contributed by atoms with Crippen molar-refractivity contribution >= 4 is 47.8 Å². The van der Waals surface area contributed by atoms with E-state index >= 15 is 0 Å². The number of ether oxygens (including phenoxy) is 1. The van der Waals surface area contributed by atoms with Crippen LogP contribution >= 0.6 is 47.8 Å². The quantitative estimate of drug-likeness (QED) is 0.657. The monoisotopic (exact) mass is 473 g/mol. The summed E-state index contributed by atoms with van der Waals surface area (Å²) in [6.45, 7) is 0.759. The Balaban J connectivity index is 2.15. The van der Waals surface area contributed by atoms with Crippen molar-refractivity contribution in [2.75, 3.05) is 13.7 Å². The molecule has 3 rings (SSSR count). The first-order chi connectivity index (χ1) is 10.1. The van der Waals surface area contributed by atoms with E-state index in [0.717, 1.165) is 37.8 Å². The summed E-state index contributed by atoms with van der Waals surface area (Å²) in [5.41, 5.74) is 3.62. The van der Waals surface area contributed by atoms with E-state index in [1.165, 1.54) is 11.1 Å². The van der Waals surface area contributed by atoms with E-state index in [0.29, 0.717) is 0 Å². The van der Waals surface area contributed by atoms with Crippen LogP contribution in [-0.2, 0) is 6.42 Å². The Labute approximate surface area is 149 Å². The van der Waals surface area contributed by atoms with Gasteiger partial charge in [-0.2, -0.15) is 0 Å². The summed E-state index contributed by atoms with van der Waals surface area (Å²) < 4.78 is 9.11. The summed E-state index contributed by atoms with van der Waals surface area (Å²) >= 11 is 10.8. The van der Waals surface area contributed by atoms with E-state index in [4.69, 9.17) is 4.74 Å². The van der Waals surface area contributed by atoms with E-state index in [2.05, 4.69) is 77.4 Å². The Bertz CT molecular complexity index is 687. The van der Waals surface area contributed by atoms with Crippen molar-refractivity contribution in [1.82, 2.24) is 5.32 Å². The van der Waals surface area contributed by atoms with E-state index in [1.807, 2.05) is 13.1 Å². The summed E-state index contributed by atoms with van der Waals surface area (Å²) in [7, 11) is 1.97. The van der Waals surface area contributed by atoms with Crippen LogP contribution in [0.25, 0.3) is 0 Å². The van der Waals surface area contributed by atoms with Crippen molar-refractivity contribution in [1.29, 1.82) is 0 Å². The molecule has 21 heavy (non-hydrogen) atoms. The van der Waals surface area contributed by atoms with Crippen LogP contribution < -0.4 is 10.1 Å². The van der Waals surface area contributed by atoms with Crippen LogP contribution in [0.5, 0.6) is 5.75 Å². The van der Waals surface area contributed by atoms with E-state index < -0.39 is 0 Å². The van der Waals surface area contributed by atoms with Crippen molar-refractivity contribution < 1.29 is 4.74 Å². The number of benzene rings is 2. The van der Waals surface area contributed by atoms with Gasteiger partial charge in [0.05, 0.1) is 12.6 Å². The lowest BCUT2D eigenvalue weighted by molar-refractivity contribution is 0.351. The Morgan fingerprint density at radius 1 is 1.05 bits per heavy atom. The van der Waals surface area contributed by atoms with Crippen molar-refractivity contribution in [3.05, 3.63) is 60.4 Å². The van der Waals surface area contributed by atoms with Gasteiger partial charge in [0.25, 0.3) is 0 Å². The maximum Gasteiger partial charge on any atom is 0.127 e. The van der Waals surface area contributed by atoms with Gasteiger partial charge in [-0.25, -0.2) is 0 Å². The molecule has 2 aromatic carbocycles. The van der Waals surface area contributed by atoms with Gasteiger partial charge in [-0.1, -0.05) is 47.8 Å². The van der Waals surface area contributed by atoms with Gasteiger partial charge in [0.15, 0.2) is 0 Å². The topological polar surface area (TPSA) is 21.3 Å². The number of nitrogens with one attached hydrogen (secondary N) is 1. The maximum atomic E-state index is 5.87. The average molecular weight is 476 g/mol. The highest BCUT2D eigenvalue weighted by Crippen LogP contribution is 2.40. The zero-order valence-electron chi connectivity index (χ0n) is 11.4. The highest BCUT2D eigenvalue weighted by atomic mass is 79.9. The standard InChI is InChI=1S/C16H14Br3NO/c1-20-15(12-7-10(17)2-3-14(12)19)13-8-11(18)6-9-4-5-21-16(9)13/h2-3,6-8,15,20H,4-5H2,1H3. The van der Waals surface area contributed by atoms with Crippen LogP contribution in [-0.4, -0.2) is 13.7 Å². The highest BCUT2D eigenvalue weighted by molar-refractivity contribution is 9.11. The van der Waals surface area contributed by atoms with Crippen molar-refractivity contribution in [2.45, 2.75) is 12.5 Å². The van der Waals surface area contributed by atoms with Crippen molar-refractivity contribution in [3.8, 4) is 5.75 Å². The van der Waals surface area contributed by atoms with Crippen molar-refractivity contribution in [2.24, 2.45) is 0 Å². The largest absolute Gasteiger partial charge is 0.493 e. The molecular formula is C16H14Br3NO. The smallest absolute Gasteiger partial charge is 0.127 e. The molecule has 110 valence electrons. The molecule has 0 aliphatic carbocycles. The zero-order valence-corrected chi connectivity index (χ0v) is 16.2. The van der Waals surface area contributed by atoms with Gasteiger partial charge in [0.1, 0.15) is 5.75 Å². The van der Waals surface area contributed by atoms with Gasteiger partial charge in [-0.15, -0.1) is 0 Å². The number of hydrogen-bond acceptors (Lipinski definition) is 2. The van der Waals surface area contributed by atoms with Gasteiger partial charge in [-0.05, 0) is 48.5 Å². The first-order valence-electron chi connectivity index (χ1n) is 6.67. The predicted octanol–water partition coefficient (Wildman–Crippen LogP) is 5.22. The molecule has 1 N–H and O–H groups in total. The van der Waals surface area contributed by atoms with Gasteiger partial charge < -0.3 is 10.1 Å². The molecule has 0 radical (unpaired) electrons. The molecule has 0 bridgehead atoms. The summed E-state index contributed by atoms with van der Waals surface area (Å²) in [6, 6.07) is 10.6. The summed E-state index contributed by atoms with van der Waals surface area (Å²) in [5.74, 6) is 1.02. The van der Waals surface area contributed by atoms with Crippen LogP contribution in [0, 0.1) is 0 Å². The number of fused-ring (bicyclic) bond motifs is 1. The minimum absolute atomic E-state index is 0.0706. The van der Waals surface area contributed by atoms with Crippen LogP contribution in [0.15, 0.2) is 43.7 Å².